The summed E-state index contributed by atoms with van der Waals surface area (Å²) in [6.45, 7) is 3.08. The molecule has 12 nitrogen and oxygen atoms in total. The van der Waals surface area contributed by atoms with Gasteiger partial charge in [-0.2, -0.15) is 0 Å². The second-order valence-corrected chi connectivity index (χ2v) is 7.86. The molecule has 2 rings (SSSR count). The number of nitrogens with two attached hydrogens (primary N) is 1. The Labute approximate surface area is 203 Å². The van der Waals surface area contributed by atoms with E-state index in [0.717, 1.165) is 12.0 Å². The number of carbonyl (C=O) groups is 4. The third kappa shape index (κ3) is 9.07. The lowest BCUT2D eigenvalue weighted by molar-refractivity contribution is -0.145. The summed E-state index contributed by atoms with van der Waals surface area (Å²) in [7, 11) is 1.22. The number of amidine groups is 1. The molecule has 1 heterocycles. The van der Waals surface area contributed by atoms with Gasteiger partial charge in [-0.1, -0.05) is 47.9 Å². The number of oxime groups is 2. The van der Waals surface area contributed by atoms with Crippen molar-refractivity contribution < 1.29 is 33.6 Å². The van der Waals surface area contributed by atoms with Gasteiger partial charge >= 0.3 is 11.9 Å². The molecule has 2 unspecified atom stereocenters. The fourth-order valence-electron chi connectivity index (χ4n) is 3.14. The van der Waals surface area contributed by atoms with Crippen molar-refractivity contribution in [3.8, 4) is 0 Å². The zero-order valence-corrected chi connectivity index (χ0v) is 20.0. The Hall–Kier alpha value is -3.96. The fourth-order valence-corrected chi connectivity index (χ4v) is 3.14. The minimum absolute atomic E-state index is 0.0186. The smallest absolute Gasteiger partial charge is 0.332 e. The number of hydrogen-bond acceptors (Lipinski definition) is 9. The summed E-state index contributed by atoms with van der Waals surface area (Å²) in [6, 6.07) is 5.94. The number of nitrogens with one attached hydrogen (secondary N) is 2. The molecule has 0 saturated carbocycles. The highest BCUT2D eigenvalue weighted by Crippen LogP contribution is 2.19. The highest BCUT2D eigenvalue weighted by molar-refractivity contribution is 6.03. The zero-order chi connectivity index (χ0) is 25.8. The molecule has 2 atom stereocenters. The molecule has 4 N–H and O–H groups in total. The number of esters is 1. The summed E-state index contributed by atoms with van der Waals surface area (Å²) < 4.78 is 4.71. The Morgan fingerprint density at radius 3 is 2.57 bits per heavy atom. The van der Waals surface area contributed by atoms with E-state index in [-0.39, 0.29) is 30.6 Å². The van der Waals surface area contributed by atoms with Gasteiger partial charge in [-0.25, -0.2) is 9.59 Å². The molecular weight excluding hydrogens is 458 g/mol. The van der Waals surface area contributed by atoms with Crippen LogP contribution in [0, 0.1) is 0 Å². The van der Waals surface area contributed by atoms with Crippen molar-refractivity contribution in [3.05, 3.63) is 35.4 Å². The number of hydrogen-bond donors (Lipinski definition) is 3. The van der Waals surface area contributed by atoms with Gasteiger partial charge in [-0.05, 0) is 12.0 Å². The molecule has 0 aromatic heterocycles. The van der Waals surface area contributed by atoms with Gasteiger partial charge in [0.05, 0.1) is 19.2 Å². The van der Waals surface area contributed by atoms with Crippen LogP contribution in [0.3, 0.4) is 0 Å². The van der Waals surface area contributed by atoms with E-state index < -0.39 is 24.1 Å². The van der Waals surface area contributed by atoms with Crippen LogP contribution >= 0.6 is 0 Å². The molecule has 1 aliphatic heterocycles. The maximum absolute atomic E-state index is 12.4. The molecule has 0 fully saturated rings. The standard InChI is InChI=1S/C23H31N5O7/c1-4-5-6-20(30)26-19(23(32)33-3)13-25-21(31)12-17-11-18(27-35-17)15-7-9-16(10-8-15)22(24)28-34-14(2)29/h7-10,17,19H,4-6,11-13H2,1-3H3,(H2,24,28)(H,25,31)(H,26,30). The van der Waals surface area contributed by atoms with Gasteiger partial charge in [0, 0.05) is 31.9 Å². The van der Waals surface area contributed by atoms with Crippen LogP contribution in [0.25, 0.3) is 0 Å². The summed E-state index contributed by atoms with van der Waals surface area (Å²) in [5, 5.41) is 12.8. The fraction of sp³-hybridized carbons (Fsp3) is 0.478. The maximum Gasteiger partial charge on any atom is 0.332 e. The van der Waals surface area contributed by atoms with E-state index in [1.165, 1.54) is 14.0 Å². The summed E-state index contributed by atoms with van der Waals surface area (Å²) in [4.78, 5) is 57.0. The van der Waals surface area contributed by atoms with Crippen LogP contribution in [0.4, 0.5) is 0 Å². The Kier molecular flexibility index (Phi) is 10.7. The van der Waals surface area contributed by atoms with E-state index in [0.29, 0.717) is 30.5 Å². The van der Waals surface area contributed by atoms with Crippen LogP contribution < -0.4 is 16.4 Å². The number of amides is 2. The molecule has 2 amide bonds. The summed E-state index contributed by atoms with van der Waals surface area (Å²) in [5.74, 6) is -1.79. The zero-order valence-electron chi connectivity index (χ0n) is 20.0. The van der Waals surface area contributed by atoms with Crippen LogP contribution in [-0.2, 0) is 33.6 Å². The van der Waals surface area contributed by atoms with Crippen molar-refractivity contribution in [1.82, 2.24) is 10.6 Å². The summed E-state index contributed by atoms with van der Waals surface area (Å²) >= 11 is 0. The van der Waals surface area contributed by atoms with Gasteiger partial charge in [-0.3, -0.25) is 9.59 Å². The van der Waals surface area contributed by atoms with Gasteiger partial charge < -0.3 is 30.8 Å². The molecule has 1 aromatic carbocycles. The lowest BCUT2D eigenvalue weighted by Crippen LogP contribution is -2.49. The van der Waals surface area contributed by atoms with Gasteiger partial charge in [0.25, 0.3) is 0 Å². The number of ether oxygens (including phenoxy) is 1. The molecular formula is C23H31N5O7. The molecule has 0 aliphatic carbocycles. The van der Waals surface area contributed by atoms with Crippen molar-refractivity contribution >= 4 is 35.3 Å². The molecule has 35 heavy (non-hydrogen) atoms. The quantitative estimate of drug-likeness (QED) is 0.127. The minimum Gasteiger partial charge on any atom is -0.467 e. The Morgan fingerprint density at radius 1 is 1.23 bits per heavy atom. The Bertz CT molecular complexity index is 975. The minimum atomic E-state index is -0.972. The van der Waals surface area contributed by atoms with Crippen LogP contribution in [0.15, 0.2) is 34.6 Å². The van der Waals surface area contributed by atoms with E-state index >= 15 is 0 Å². The van der Waals surface area contributed by atoms with Crippen LogP contribution in [0.2, 0.25) is 0 Å². The number of rotatable bonds is 12. The molecule has 0 saturated heterocycles. The van der Waals surface area contributed by atoms with Gasteiger partial charge in [-0.15, -0.1) is 0 Å². The van der Waals surface area contributed by atoms with E-state index in [1.54, 1.807) is 24.3 Å². The number of benzene rings is 1. The average molecular weight is 490 g/mol. The number of methoxy groups -OCH3 is 1. The molecule has 190 valence electrons. The highest BCUT2D eigenvalue weighted by atomic mass is 16.7. The molecule has 1 aromatic rings. The monoisotopic (exact) mass is 489 g/mol. The van der Waals surface area contributed by atoms with E-state index in [9.17, 15) is 19.2 Å². The summed E-state index contributed by atoms with van der Waals surface area (Å²) in [6.07, 6.45) is 1.78. The van der Waals surface area contributed by atoms with Gasteiger partial charge in [0.1, 0.15) is 12.1 Å². The molecule has 0 radical (unpaired) electrons. The third-order valence-corrected chi connectivity index (χ3v) is 5.01. The second kappa shape index (κ2) is 13.7. The van der Waals surface area contributed by atoms with E-state index in [2.05, 4.69) is 25.8 Å². The van der Waals surface area contributed by atoms with Crippen LogP contribution in [0.1, 0.15) is 57.1 Å². The van der Waals surface area contributed by atoms with Gasteiger partial charge in [0.2, 0.25) is 11.8 Å². The lowest BCUT2D eigenvalue weighted by Gasteiger charge is -2.17. The predicted octanol–water partition coefficient (Wildman–Crippen LogP) is 0.717. The van der Waals surface area contributed by atoms with Crippen LogP contribution in [-0.4, -0.2) is 61.1 Å². The van der Waals surface area contributed by atoms with Crippen molar-refractivity contribution in [2.45, 2.75) is 58.1 Å². The number of unbranched alkanes of at least 4 members (excludes halogenated alkanes) is 1. The lowest BCUT2D eigenvalue weighted by atomic mass is 10.0. The van der Waals surface area contributed by atoms with Crippen molar-refractivity contribution in [2.24, 2.45) is 16.0 Å². The first-order chi connectivity index (χ1) is 16.7. The number of carbonyl (C=O) groups excluding carboxylic acids is 4. The van der Waals surface area contributed by atoms with Crippen molar-refractivity contribution in [2.75, 3.05) is 13.7 Å². The molecule has 0 spiro atoms. The largest absolute Gasteiger partial charge is 0.467 e. The number of nitrogens with zero attached hydrogens (tertiary/aromatic N) is 2. The molecule has 1 aliphatic rings. The Morgan fingerprint density at radius 2 is 1.94 bits per heavy atom. The molecule has 0 bridgehead atoms. The normalized spacial score (nSPS) is 15.9. The third-order valence-electron chi connectivity index (χ3n) is 5.01. The van der Waals surface area contributed by atoms with Crippen molar-refractivity contribution in [3.63, 3.8) is 0 Å². The first-order valence-electron chi connectivity index (χ1n) is 11.2. The average Bonchev–Trinajstić information content (AvgIpc) is 3.31. The Balaban J connectivity index is 1.84. The highest BCUT2D eigenvalue weighted by Gasteiger charge is 2.26. The predicted molar refractivity (Wildman–Crippen MR) is 126 cm³/mol. The molecule has 12 heteroatoms. The van der Waals surface area contributed by atoms with Crippen molar-refractivity contribution in [1.29, 1.82) is 0 Å². The van der Waals surface area contributed by atoms with Crippen LogP contribution in [0.5, 0.6) is 0 Å². The van der Waals surface area contributed by atoms with Gasteiger partial charge in [0.15, 0.2) is 5.84 Å². The summed E-state index contributed by atoms with van der Waals surface area (Å²) in [5.41, 5.74) is 7.76. The maximum atomic E-state index is 12.4. The first-order valence-corrected chi connectivity index (χ1v) is 11.2. The van der Waals surface area contributed by atoms with E-state index in [4.69, 9.17) is 15.3 Å². The first kappa shape index (κ1) is 27.3. The second-order valence-electron chi connectivity index (χ2n) is 7.86. The SMILES string of the molecule is CCCCC(=O)NC(CNC(=O)CC1CC(c2ccc(/C(N)=N/OC(C)=O)cc2)=NO1)C(=O)OC. The topological polar surface area (TPSA) is 171 Å². The van der Waals surface area contributed by atoms with E-state index in [1.807, 2.05) is 6.92 Å².